The van der Waals surface area contributed by atoms with Crippen molar-refractivity contribution in [2.75, 3.05) is 0 Å². The average molecular weight is 256 g/mol. The zero-order valence-corrected chi connectivity index (χ0v) is 11.5. The smallest absolute Gasteiger partial charge is 0.173 e. The number of rotatable bonds is 1. The first-order valence-electron chi connectivity index (χ1n) is 6.39. The van der Waals surface area contributed by atoms with Gasteiger partial charge >= 0.3 is 0 Å². The van der Waals surface area contributed by atoms with Crippen molar-refractivity contribution in [3.63, 3.8) is 0 Å². The normalized spacial score (nSPS) is 22.2. The molecule has 1 nitrogen and oxygen atoms in total. The van der Waals surface area contributed by atoms with E-state index in [0.717, 1.165) is 4.91 Å². The number of hydrogen-bond acceptors (Lipinski definition) is 2. The molecule has 0 aromatic heterocycles. The van der Waals surface area contributed by atoms with E-state index < -0.39 is 0 Å². The van der Waals surface area contributed by atoms with Gasteiger partial charge in [-0.05, 0) is 23.1 Å². The van der Waals surface area contributed by atoms with E-state index in [1.165, 1.54) is 16.0 Å². The van der Waals surface area contributed by atoms with E-state index in [1.54, 1.807) is 11.8 Å². The van der Waals surface area contributed by atoms with E-state index in [9.17, 15) is 4.79 Å². The molecule has 0 radical (unpaired) electrons. The second kappa shape index (κ2) is 4.43. The number of carbonyl (C=O) groups excluding carboxylic acids is 1. The summed E-state index contributed by atoms with van der Waals surface area (Å²) in [6.45, 7) is 4.46. The molecule has 0 fully saturated rings. The summed E-state index contributed by atoms with van der Waals surface area (Å²) < 4.78 is 0. The Morgan fingerprint density at radius 2 is 2.06 bits per heavy atom. The molecule has 0 spiro atoms. The maximum atomic E-state index is 12.1. The van der Waals surface area contributed by atoms with Crippen LogP contribution in [0.1, 0.15) is 31.7 Å². The topological polar surface area (TPSA) is 17.1 Å². The van der Waals surface area contributed by atoms with Crippen molar-refractivity contribution in [1.82, 2.24) is 0 Å². The number of Topliss-reactive ketones (excluding diaryl/α,β-unsaturated/α-hetero) is 1. The maximum Gasteiger partial charge on any atom is 0.173 e. The van der Waals surface area contributed by atoms with Crippen LogP contribution in [0.4, 0.5) is 0 Å². The maximum absolute atomic E-state index is 12.1. The van der Waals surface area contributed by atoms with Crippen molar-refractivity contribution < 1.29 is 4.79 Å². The van der Waals surface area contributed by atoms with Crippen LogP contribution >= 0.6 is 11.8 Å². The molecule has 1 aromatic rings. The molecule has 1 aliphatic heterocycles. The van der Waals surface area contributed by atoms with Crippen molar-refractivity contribution in [2.45, 2.75) is 31.1 Å². The van der Waals surface area contributed by atoms with Crippen LogP contribution in [-0.2, 0) is 4.79 Å². The average Bonchev–Trinajstić information content (AvgIpc) is 2.36. The number of allylic oxidation sites excluding steroid dienone is 4. The van der Waals surface area contributed by atoms with Gasteiger partial charge < -0.3 is 0 Å². The number of hydrogen-bond donors (Lipinski definition) is 0. The zero-order chi connectivity index (χ0) is 12.7. The molecule has 0 saturated heterocycles. The minimum atomic E-state index is 0.276. The Morgan fingerprint density at radius 1 is 1.28 bits per heavy atom. The summed E-state index contributed by atoms with van der Waals surface area (Å²) in [5.41, 5.74) is 2.60. The molecular weight excluding hydrogens is 240 g/mol. The first kappa shape index (κ1) is 11.8. The molecule has 1 heterocycles. The van der Waals surface area contributed by atoms with Gasteiger partial charge in [0.1, 0.15) is 0 Å². The summed E-state index contributed by atoms with van der Waals surface area (Å²) in [7, 11) is 0. The lowest BCUT2D eigenvalue weighted by Gasteiger charge is -2.32. The van der Waals surface area contributed by atoms with Crippen molar-refractivity contribution in [1.29, 1.82) is 0 Å². The Balaban J connectivity index is 2.19. The van der Waals surface area contributed by atoms with Gasteiger partial charge in [-0.1, -0.05) is 56.0 Å². The fourth-order valence-electron chi connectivity index (χ4n) is 2.81. The minimum Gasteiger partial charge on any atom is -0.293 e. The standard InChI is InChI=1S/C16H16OS/c1-10(2)15-11-6-3-4-9-14(11)18-16-12(15)7-5-8-13(16)17/h3-7,9-10,15H,8H2,1-2H3. The lowest BCUT2D eigenvalue weighted by atomic mass is 9.80. The van der Waals surface area contributed by atoms with Crippen molar-refractivity contribution >= 4 is 17.5 Å². The van der Waals surface area contributed by atoms with Crippen molar-refractivity contribution in [3.8, 4) is 0 Å². The summed E-state index contributed by atoms with van der Waals surface area (Å²) in [5, 5.41) is 0. The van der Waals surface area contributed by atoms with E-state index in [4.69, 9.17) is 0 Å². The highest BCUT2D eigenvalue weighted by molar-refractivity contribution is 8.04. The van der Waals surface area contributed by atoms with Crippen LogP contribution in [0.3, 0.4) is 0 Å². The predicted octanol–water partition coefficient (Wildman–Crippen LogP) is 4.32. The molecule has 0 amide bonds. The summed E-state index contributed by atoms with van der Waals surface area (Å²) >= 11 is 1.65. The van der Waals surface area contributed by atoms with Gasteiger partial charge in [-0.15, -0.1) is 0 Å². The highest BCUT2D eigenvalue weighted by Crippen LogP contribution is 2.49. The largest absolute Gasteiger partial charge is 0.293 e. The molecule has 1 aliphatic carbocycles. The number of fused-ring (bicyclic) bond motifs is 1. The van der Waals surface area contributed by atoms with Gasteiger partial charge in [-0.3, -0.25) is 4.79 Å². The highest BCUT2D eigenvalue weighted by atomic mass is 32.2. The van der Waals surface area contributed by atoms with Crippen LogP contribution in [-0.4, -0.2) is 5.78 Å². The molecule has 1 atom stereocenters. The van der Waals surface area contributed by atoms with Gasteiger partial charge in [0.25, 0.3) is 0 Å². The predicted molar refractivity (Wildman–Crippen MR) is 75.7 cm³/mol. The van der Waals surface area contributed by atoms with Crippen molar-refractivity contribution in [2.24, 2.45) is 5.92 Å². The lowest BCUT2D eigenvalue weighted by molar-refractivity contribution is -0.114. The van der Waals surface area contributed by atoms with E-state index in [1.807, 2.05) is 6.08 Å². The third kappa shape index (κ3) is 1.76. The quantitative estimate of drug-likeness (QED) is 0.744. The number of carbonyl (C=O) groups is 1. The number of thioether (sulfide) groups is 1. The van der Waals surface area contributed by atoms with Crippen LogP contribution < -0.4 is 0 Å². The number of ketones is 1. The summed E-state index contributed by atoms with van der Waals surface area (Å²) in [5.74, 6) is 1.14. The van der Waals surface area contributed by atoms with Crippen molar-refractivity contribution in [3.05, 3.63) is 52.5 Å². The molecule has 2 heteroatoms. The van der Waals surface area contributed by atoms with Crippen LogP contribution in [0.25, 0.3) is 0 Å². The molecule has 92 valence electrons. The molecule has 1 unspecified atom stereocenters. The summed E-state index contributed by atoms with van der Waals surface area (Å²) in [4.78, 5) is 14.3. The third-order valence-corrected chi connectivity index (χ3v) is 4.84. The summed E-state index contributed by atoms with van der Waals surface area (Å²) in [6, 6.07) is 8.47. The Morgan fingerprint density at radius 3 is 2.83 bits per heavy atom. The van der Waals surface area contributed by atoms with Gasteiger partial charge in [0.2, 0.25) is 0 Å². The second-order valence-corrected chi connectivity index (χ2v) is 6.23. The molecule has 2 aliphatic rings. The molecule has 18 heavy (non-hydrogen) atoms. The van der Waals surface area contributed by atoms with Gasteiger partial charge in [-0.25, -0.2) is 0 Å². The monoisotopic (exact) mass is 256 g/mol. The van der Waals surface area contributed by atoms with Crippen LogP contribution in [0, 0.1) is 5.92 Å². The Bertz CT molecular complexity index is 566. The Labute approximate surface area is 112 Å². The minimum absolute atomic E-state index is 0.276. The highest BCUT2D eigenvalue weighted by Gasteiger charge is 2.32. The zero-order valence-electron chi connectivity index (χ0n) is 10.6. The van der Waals surface area contributed by atoms with Crippen LogP contribution in [0.15, 0.2) is 51.8 Å². The fraction of sp³-hybridized carbons (Fsp3) is 0.312. The molecule has 3 rings (SSSR count). The SMILES string of the molecule is CC(C)C1C2=C(Sc3ccccc31)C(=O)CC=C2. The number of benzene rings is 1. The second-order valence-electron chi connectivity index (χ2n) is 5.18. The van der Waals surface area contributed by atoms with E-state index >= 15 is 0 Å². The Hall–Kier alpha value is -1.28. The van der Waals surface area contributed by atoms with Gasteiger partial charge in [-0.2, -0.15) is 0 Å². The van der Waals surface area contributed by atoms with E-state index in [-0.39, 0.29) is 5.78 Å². The van der Waals surface area contributed by atoms with Crippen LogP contribution in [0.5, 0.6) is 0 Å². The fourth-order valence-corrected chi connectivity index (χ4v) is 4.00. The van der Waals surface area contributed by atoms with E-state index in [2.05, 4.69) is 44.2 Å². The van der Waals surface area contributed by atoms with Gasteiger partial charge in [0, 0.05) is 17.2 Å². The first-order chi connectivity index (χ1) is 8.68. The molecule has 0 saturated carbocycles. The third-order valence-electron chi connectivity index (χ3n) is 3.58. The molecule has 1 aromatic carbocycles. The molecule has 0 N–H and O–H groups in total. The summed E-state index contributed by atoms with van der Waals surface area (Å²) in [6.07, 6.45) is 4.72. The Kier molecular flexibility index (Phi) is 2.90. The first-order valence-corrected chi connectivity index (χ1v) is 7.21. The molecular formula is C16H16OS. The van der Waals surface area contributed by atoms with Gasteiger partial charge in [0.15, 0.2) is 5.78 Å². The molecule has 0 bridgehead atoms. The van der Waals surface area contributed by atoms with Crippen LogP contribution in [0.2, 0.25) is 0 Å². The van der Waals surface area contributed by atoms with Gasteiger partial charge in [0.05, 0.1) is 4.91 Å². The lowest BCUT2D eigenvalue weighted by Crippen LogP contribution is -2.19. The van der Waals surface area contributed by atoms with E-state index in [0.29, 0.717) is 18.3 Å².